The van der Waals surface area contributed by atoms with Crippen LogP contribution in [-0.4, -0.2) is 47.1 Å². The highest BCUT2D eigenvalue weighted by atomic mass is 28.3. The van der Waals surface area contributed by atoms with Gasteiger partial charge in [-0.1, -0.05) is 218 Å². The fourth-order valence-electron chi connectivity index (χ4n) is 10.1. The summed E-state index contributed by atoms with van der Waals surface area (Å²) in [6.07, 6.45) is 0. The van der Waals surface area contributed by atoms with Gasteiger partial charge in [-0.25, -0.2) is 15.0 Å². The fourth-order valence-corrected chi connectivity index (χ4v) is 14.5. The number of hydrogen-bond donors (Lipinski definition) is 0. The van der Waals surface area contributed by atoms with Gasteiger partial charge in [-0.05, 0) is 39.8 Å². The number of rotatable bonds is 9. The van der Waals surface area contributed by atoms with E-state index in [1.807, 2.05) is 78.9 Å². The predicted molar refractivity (Wildman–Crippen MR) is 282 cm³/mol. The molecule has 0 unspecified atom stereocenters. The van der Waals surface area contributed by atoms with Gasteiger partial charge in [0.25, 0.3) is 0 Å². The Morgan fingerprint density at radius 3 is 1.06 bits per heavy atom. The van der Waals surface area contributed by atoms with Crippen molar-refractivity contribution in [3.05, 3.63) is 243 Å². The summed E-state index contributed by atoms with van der Waals surface area (Å²) in [5.41, 5.74) is 7.48. The van der Waals surface area contributed by atoms with Crippen LogP contribution in [0.15, 0.2) is 243 Å². The van der Waals surface area contributed by atoms with E-state index in [4.69, 9.17) is 29.9 Å². The molecule has 0 atom stereocenters. The van der Waals surface area contributed by atoms with Crippen molar-refractivity contribution in [2.75, 3.05) is 0 Å². The lowest BCUT2D eigenvalue weighted by Crippen LogP contribution is -2.76. The van der Waals surface area contributed by atoms with Gasteiger partial charge in [0, 0.05) is 38.2 Å². The highest BCUT2D eigenvalue weighted by molar-refractivity contribution is 7.19. The monoisotopic (exact) mass is 900 g/mol. The third kappa shape index (κ3) is 6.66. The first-order chi connectivity index (χ1) is 34.2. The molecule has 0 amide bonds. The van der Waals surface area contributed by atoms with Crippen molar-refractivity contribution in [3.63, 3.8) is 0 Å². The number of fused-ring (bicyclic) bond motifs is 6. The molecule has 4 heterocycles. The van der Waals surface area contributed by atoms with Crippen LogP contribution in [-0.2, 0) is 0 Å². The van der Waals surface area contributed by atoms with Crippen LogP contribution in [0.5, 0.6) is 0 Å². The summed E-state index contributed by atoms with van der Waals surface area (Å²) in [5.74, 6) is 2.92. The van der Waals surface area contributed by atoms with E-state index in [-0.39, 0.29) is 0 Å². The second-order valence-corrected chi connectivity index (χ2v) is 20.8. The Kier molecular flexibility index (Phi) is 9.65. The molecule has 9 heteroatoms. The number of hydrogen-bond acceptors (Lipinski definition) is 6. The van der Waals surface area contributed by atoms with Gasteiger partial charge in [0.05, 0.1) is 22.1 Å². The van der Waals surface area contributed by atoms with Crippen LogP contribution in [0.4, 0.5) is 0 Å². The number of nitrogens with zero attached hydrogens (tertiary/aromatic N) is 8. The summed E-state index contributed by atoms with van der Waals surface area (Å²) in [7, 11) is -3.45. The van der Waals surface area contributed by atoms with E-state index in [1.165, 1.54) is 0 Å². The lowest BCUT2D eigenvalue weighted by Gasteiger charge is -2.32. The zero-order chi connectivity index (χ0) is 45.7. The maximum absolute atomic E-state index is 5.75. The van der Waals surface area contributed by atoms with Crippen LogP contribution in [0.2, 0.25) is 0 Å². The molecule has 0 N–H and O–H groups in total. The molecule has 13 rings (SSSR count). The van der Waals surface area contributed by atoms with Gasteiger partial charge in [0.2, 0.25) is 20.0 Å². The molecule has 0 saturated heterocycles. The number of aromatic nitrogens is 8. The summed E-state index contributed by atoms with van der Waals surface area (Å²) >= 11 is 0. The summed E-state index contributed by atoms with van der Waals surface area (Å²) < 4.78 is 4.39. The zero-order valence-corrected chi connectivity index (χ0v) is 38.2. The highest BCUT2D eigenvalue weighted by Gasteiger charge is 2.46. The summed E-state index contributed by atoms with van der Waals surface area (Å²) in [5, 5.41) is 7.84. The van der Waals surface area contributed by atoms with Gasteiger partial charge in [-0.3, -0.25) is 9.13 Å². The lowest BCUT2D eigenvalue weighted by molar-refractivity contribution is 0.953. The van der Waals surface area contributed by atoms with Gasteiger partial charge in [0.15, 0.2) is 17.5 Å². The molecule has 0 saturated carbocycles. The molecule has 69 heavy (non-hydrogen) atoms. The van der Waals surface area contributed by atoms with E-state index in [1.54, 1.807) is 0 Å². The third-order valence-corrected chi connectivity index (χ3v) is 17.6. The average molecular weight is 901 g/mol. The van der Waals surface area contributed by atoms with Crippen molar-refractivity contribution in [2.24, 2.45) is 0 Å². The largest absolute Gasteiger partial charge is 0.278 e. The molecule has 8 nitrogen and oxygen atoms in total. The molecule has 0 bridgehead atoms. The van der Waals surface area contributed by atoms with Crippen molar-refractivity contribution in [3.8, 4) is 46.1 Å². The van der Waals surface area contributed by atoms with Gasteiger partial charge in [-0.2, -0.15) is 15.0 Å². The average Bonchev–Trinajstić information content (AvgIpc) is 3.95. The van der Waals surface area contributed by atoms with Gasteiger partial charge >= 0.3 is 0 Å². The third-order valence-electron chi connectivity index (χ3n) is 13.2. The SMILES string of the molecule is c1ccc(-c2nc(-c3ccccc3)nc(-n3c4ccccc4c4cc([Si](c5ccccc5)(c5ccccc5)c5nc(-c6ccccc6)nc(-n6c7ccccc7c7ccccc76)n5)ccc43)n2)cc1. The molecule has 0 fully saturated rings. The van der Waals surface area contributed by atoms with Crippen molar-refractivity contribution < 1.29 is 0 Å². The van der Waals surface area contributed by atoms with Gasteiger partial charge in [-0.15, -0.1) is 0 Å². The standard InChI is InChI=1S/C60H40N8Si/c1-6-22-41(23-7-1)55-61-56(42-24-8-2-9-25-42)63-58(62-55)68-53-37-21-18-34-49(53)50-40-46(38-39-54(50)68)69(44-28-12-4-13-29-44,45-30-14-5-15-31-45)60-65-57(43-26-10-3-11-27-43)64-59(66-60)67-51-35-19-16-32-47(51)48-33-17-20-36-52(48)67/h1-40H. The molecule has 0 spiro atoms. The molecule has 0 aliphatic heterocycles. The molecule has 0 aliphatic carbocycles. The second-order valence-electron chi connectivity index (χ2n) is 17.1. The van der Waals surface area contributed by atoms with Gasteiger partial charge < -0.3 is 0 Å². The van der Waals surface area contributed by atoms with Crippen molar-refractivity contribution in [1.29, 1.82) is 0 Å². The second kappa shape index (κ2) is 16.6. The van der Waals surface area contributed by atoms with Crippen LogP contribution in [0.25, 0.3) is 89.7 Å². The Bertz CT molecular complexity index is 3860. The first kappa shape index (κ1) is 40.1. The van der Waals surface area contributed by atoms with E-state index in [2.05, 4.69) is 173 Å². The van der Waals surface area contributed by atoms with Crippen LogP contribution >= 0.6 is 0 Å². The van der Waals surface area contributed by atoms with E-state index < -0.39 is 8.07 Å². The Labute approximate surface area is 398 Å². The Morgan fingerprint density at radius 1 is 0.261 bits per heavy atom. The van der Waals surface area contributed by atoms with Crippen molar-refractivity contribution in [1.82, 2.24) is 39.0 Å². The van der Waals surface area contributed by atoms with Gasteiger partial charge in [0.1, 0.15) is 5.45 Å². The zero-order valence-electron chi connectivity index (χ0n) is 37.2. The smallest absolute Gasteiger partial charge is 0.238 e. The van der Waals surface area contributed by atoms with E-state index in [9.17, 15) is 0 Å². The Hall–Kier alpha value is -9.18. The minimum absolute atomic E-state index is 0.539. The number of para-hydroxylation sites is 3. The topological polar surface area (TPSA) is 87.2 Å². The highest BCUT2D eigenvalue weighted by Crippen LogP contribution is 2.34. The molecule has 0 aliphatic rings. The van der Waals surface area contributed by atoms with E-state index >= 15 is 0 Å². The summed E-state index contributed by atoms with van der Waals surface area (Å²) in [4.78, 5) is 32.2. The summed E-state index contributed by atoms with van der Waals surface area (Å²) in [6, 6.07) is 84.6. The minimum Gasteiger partial charge on any atom is -0.278 e. The predicted octanol–water partition coefficient (Wildman–Crippen LogP) is 10.6. The fraction of sp³-hybridized carbons (Fsp3) is 0. The molecule has 13 aromatic rings. The molecule has 4 aromatic heterocycles. The van der Waals surface area contributed by atoms with Crippen molar-refractivity contribution in [2.45, 2.75) is 0 Å². The van der Waals surface area contributed by atoms with E-state index in [0.717, 1.165) is 81.3 Å². The molecule has 9 aromatic carbocycles. The summed E-state index contributed by atoms with van der Waals surface area (Å²) in [6.45, 7) is 0. The first-order valence-corrected chi connectivity index (χ1v) is 25.0. The lowest BCUT2D eigenvalue weighted by atomic mass is 10.1. The maximum atomic E-state index is 5.75. The van der Waals surface area contributed by atoms with Crippen LogP contribution in [0, 0.1) is 0 Å². The normalized spacial score (nSPS) is 11.8. The van der Waals surface area contributed by atoms with Crippen molar-refractivity contribution >= 4 is 72.7 Å². The van der Waals surface area contributed by atoms with Crippen LogP contribution in [0.3, 0.4) is 0 Å². The Balaban J connectivity index is 1.12. The van der Waals surface area contributed by atoms with E-state index in [0.29, 0.717) is 29.4 Å². The van der Waals surface area contributed by atoms with Crippen LogP contribution in [0.1, 0.15) is 0 Å². The molecular weight excluding hydrogens is 861 g/mol. The quantitative estimate of drug-likeness (QED) is 0.106. The maximum Gasteiger partial charge on any atom is 0.238 e. The Morgan fingerprint density at radius 2 is 0.609 bits per heavy atom. The molecule has 0 radical (unpaired) electrons. The molecular formula is C60H40N8Si. The first-order valence-electron chi connectivity index (χ1n) is 23.0. The number of benzene rings is 9. The minimum atomic E-state index is -3.45. The molecule has 324 valence electrons. The van der Waals surface area contributed by atoms with Crippen LogP contribution < -0.4 is 21.0 Å².